The number of halogens is 3. The maximum absolute atomic E-state index is 12.7. The summed E-state index contributed by atoms with van der Waals surface area (Å²) < 4.78 is 40.1. The normalized spacial score (nSPS) is 25.0. The van der Waals surface area contributed by atoms with E-state index in [1.165, 1.54) is 0 Å². The van der Waals surface area contributed by atoms with Crippen LogP contribution in [0.5, 0.6) is 0 Å². The molecule has 1 aromatic heterocycles. The van der Waals surface area contributed by atoms with Crippen molar-refractivity contribution in [3.8, 4) is 0 Å². The van der Waals surface area contributed by atoms with Crippen LogP contribution in [0.2, 0.25) is 0 Å². The lowest BCUT2D eigenvalue weighted by Crippen LogP contribution is -2.38. The van der Waals surface area contributed by atoms with E-state index in [1.807, 2.05) is 24.9 Å². The van der Waals surface area contributed by atoms with E-state index in [1.54, 1.807) is 6.20 Å². The zero-order valence-electron chi connectivity index (χ0n) is 12.7. The van der Waals surface area contributed by atoms with E-state index >= 15 is 0 Å². The van der Waals surface area contributed by atoms with Crippen molar-refractivity contribution >= 4 is 0 Å². The number of rotatable bonds is 5. The first-order chi connectivity index (χ1) is 9.91. The van der Waals surface area contributed by atoms with Crippen molar-refractivity contribution in [2.45, 2.75) is 50.7 Å². The molecule has 3 nitrogen and oxygen atoms in total. The number of alkyl halides is 3. The SMILES string of the molecule is CNC(CCc1nccn1C)C1CCC(C(F)(F)F)CC1. The Morgan fingerprint density at radius 3 is 2.48 bits per heavy atom. The molecule has 1 aliphatic carbocycles. The highest BCUT2D eigenvalue weighted by atomic mass is 19.4. The molecule has 1 heterocycles. The lowest BCUT2D eigenvalue weighted by molar-refractivity contribution is -0.184. The topological polar surface area (TPSA) is 29.9 Å². The Kier molecular flexibility index (Phi) is 5.30. The first-order valence-electron chi connectivity index (χ1n) is 7.62. The van der Waals surface area contributed by atoms with Crippen LogP contribution < -0.4 is 5.32 Å². The number of nitrogens with one attached hydrogen (secondary N) is 1. The average molecular weight is 303 g/mol. The van der Waals surface area contributed by atoms with E-state index in [2.05, 4.69) is 10.3 Å². The Labute approximate surface area is 123 Å². The fourth-order valence-electron chi connectivity index (χ4n) is 3.39. The molecule has 1 atom stereocenters. The van der Waals surface area contributed by atoms with Gasteiger partial charge in [0.15, 0.2) is 0 Å². The van der Waals surface area contributed by atoms with Gasteiger partial charge in [0.25, 0.3) is 0 Å². The molecule has 0 saturated heterocycles. The fraction of sp³-hybridized carbons (Fsp3) is 0.800. The van der Waals surface area contributed by atoms with Crippen LogP contribution in [0.4, 0.5) is 13.2 Å². The van der Waals surface area contributed by atoms with Gasteiger partial charge in [-0.2, -0.15) is 13.2 Å². The molecule has 1 aliphatic rings. The summed E-state index contributed by atoms with van der Waals surface area (Å²) in [6, 6.07) is 0.274. The van der Waals surface area contributed by atoms with E-state index in [0.717, 1.165) is 18.7 Å². The minimum atomic E-state index is -4.02. The van der Waals surface area contributed by atoms with Crippen molar-refractivity contribution in [1.82, 2.24) is 14.9 Å². The van der Waals surface area contributed by atoms with Gasteiger partial charge in [0, 0.05) is 31.9 Å². The van der Waals surface area contributed by atoms with Gasteiger partial charge in [-0.05, 0) is 45.1 Å². The summed E-state index contributed by atoms with van der Waals surface area (Å²) in [5, 5.41) is 3.29. The zero-order chi connectivity index (χ0) is 15.5. The summed E-state index contributed by atoms with van der Waals surface area (Å²) >= 11 is 0. The Bertz CT molecular complexity index is 434. The third kappa shape index (κ3) is 4.22. The second kappa shape index (κ2) is 6.81. The lowest BCUT2D eigenvalue weighted by Gasteiger charge is -2.34. The maximum atomic E-state index is 12.7. The number of hydrogen-bond acceptors (Lipinski definition) is 2. The third-order valence-electron chi connectivity index (χ3n) is 4.77. The molecule has 6 heteroatoms. The predicted octanol–water partition coefficient (Wildman–Crippen LogP) is 3.31. The summed E-state index contributed by atoms with van der Waals surface area (Å²) in [5.41, 5.74) is 0. The van der Waals surface area contributed by atoms with Gasteiger partial charge >= 0.3 is 6.18 Å². The van der Waals surface area contributed by atoms with E-state index in [4.69, 9.17) is 0 Å². The van der Waals surface area contributed by atoms with Gasteiger partial charge in [0.2, 0.25) is 0 Å². The first-order valence-corrected chi connectivity index (χ1v) is 7.62. The molecular formula is C15H24F3N3. The van der Waals surface area contributed by atoms with Gasteiger partial charge in [-0.15, -0.1) is 0 Å². The molecule has 1 fully saturated rings. The van der Waals surface area contributed by atoms with Crippen molar-refractivity contribution in [2.75, 3.05) is 7.05 Å². The molecule has 0 bridgehead atoms. The Hall–Kier alpha value is -1.04. The smallest absolute Gasteiger partial charge is 0.338 e. The molecule has 0 aromatic carbocycles. The van der Waals surface area contributed by atoms with Crippen molar-refractivity contribution < 1.29 is 13.2 Å². The molecule has 21 heavy (non-hydrogen) atoms. The molecule has 1 N–H and O–H groups in total. The van der Waals surface area contributed by atoms with Crippen LogP contribution in [0.25, 0.3) is 0 Å². The number of hydrogen-bond donors (Lipinski definition) is 1. The van der Waals surface area contributed by atoms with Gasteiger partial charge in [-0.25, -0.2) is 4.98 Å². The molecule has 1 saturated carbocycles. The van der Waals surface area contributed by atoms with Gasteiger partial charge in [-0.3, -0.25) is 0 Å². The van der Waals surface area contributed by atoms with Gasteiger partial charge in [0.05, 0.1) is 5.92 Å². The largest absolute Gasteiger partial charge is 0.391 e. The third-order valence-corrected chi connectivity index (χ3v) is 4.77. The van der Waals surface area contributed by atoms with Crippen molar-refractivity contribution in [1.29, 1.82) is 0 Å². The van der Waals surface area contributed by atoms with Crippen molar-refractivity contribution in [3.05, 3.63) is 18.2 Å². The van der Waals surface area contributed by atoms with Crippen LogP contribution in [0.15, 0.2) is 12.4 Å². The van der Waals surface area contributed by atoms with Gasteiger partial charge in [-0.1, -0.05) is 0 Å². The van der Waals surface area contributed by atoms with Crippen LogP contribution >= 0.6 is 0 Å². The summed E-state index contributed by atoms with van der Waals surface area (Å²) in [6.45, 7) is 0. The average Bonchev–Trinajstić information content (AvgIpc) is 2.85. The molecule has 0 amide bonds. The summed E-state index contributed by atoms with van der Waals surface area (Å²) in [5.74, 6) is 0.272. The monoisotopic (exact) mass is 303 g/mol. The summed E-state index contributed by atoms with van der Waals surface area (Å²) in [6.07, 6.45) is 3.32. The molecule has 120 valence electrons. The standard InChI is InChI=1S/C15H24F3N3/c1-19-13(7-8-14-20-9-10-21(14)2)11-3-5-12(6-4-11)15(16,17)18/h9-13,19H,3-8H2,1-2H3. The number of imidazole rings is 1. The molecule has 1 aromatic rings. The van der Waals surface area contributed by atoms with Gasteiger partial charge < -0.3 is 9.88 Å². The molecule has 0 aliphatic heterocycles. The number of nitrogens with zero attached hydrogens (tertiary/aromatic N) is 2. The lowest BCUT2D eigenvalue weighted by atomic mass is 9.77. The number of aryl methyl sites for hydroxylation is 2. The summed E-state index contributed by atoms with van der Waals surface area (Å²) in [4.78, 5) is 4.30. The highest BCUT2D eigenvalue weighted by Crippen LogP contribution is 2.40. The Balaban J connectivity index is 1.84. The van der Waals surface area contributed by atoms with Crippen LogP contribution in [0.1, 0.15) is 37.9 Å². The molecular weight excluding hydrogens is 279 g/mol. The molecule has 1 unspecified atom stereocenters. The quantitative estimate of drug-likeness (QED) is 0.904. The van der Waals surface area contributed by atoms with Crippen molar-refractivity contribution in [2.24, 2.45) is 18.9 Å². The van der Waals surface area contributed by atoms with E-state index in [0.29, 0.717) is 18.8 Å². The maximum Gasteiger partial charge on any atom is 0.391 e. The fourth-order valence-corrected chi connectivity index (χ4v) is 3.39. The first kappa shape index (κ1) is 16.3. The minimum Gasteiger partial charge on any atom is -0.338 e. The second-order valence-electron chi connectivity index (χ2n) is 6.04. The van der Waals surface area contributed by atoms with Crippen LogP contribution in [-0.2, 0) is 13.5 Å². The van der Waals surface area contributed by atoms with E-state index in [9.17, 15) is 13.2 Å². The molecule has 0 radical (unpaired) electrons. The molecule has 2 rings (SSSR count). The van der Waals surface area contributed by atoms with Crippen LogP contribution in [-0.4, -0.2) is 28.8 Å². The highest BCUT2D eigenvalue weighted by Gasteiger charge is 2.42. The Morgan fingerprint density at radius 1 is 1.33 bits per heavy atom. The Morgan fingerprint density at radius 2 is 2.00 bits per heavy atom. The highest BCUT2D eigenvalue weighted by molar-refractivity contribution is 4.93. The van der Waals surface area contributed by atoms with Gasteiger partial charge in [0.1, 0.15) is 5.82 Å². The van der Waals surface area contributed by atoms with Crippen LogP contribution in [0, 0.1) is 11.8 Å². The molecule has 0 spiro atoms. The number of aromatic nitrogens is 2. The van der Waals surface area contributed by atoms with Crippen LogP contribution in [0.3, 0.4) is 0 Å². The minimum absolute atomic E-state index is 0.273. The second-order valence-corrected chi connectivity index (χ2v) is 6.04. The zero-order valence-corrected chi connectivity index (χ0v) is 12.7. The predicted molar refractivity (Wildman–Crippen MR) is 75.9 cm³/mol. The van der Waals surface area contributed by atoms with Crippen molar-refractivity contribution in [3.63, 3.8) is 0 Å². The van der Waals surface area contributed by atoms with E-state index in [-0.39, 0.29) is 18.9 Å². The summed E-state index contributed by atoms with van der Waals surface area (Å²) in [7, 11) is 3.87. The van der Waals surface area contributed by atoms with E-state index < -0.39 is 12.1 Å².